The number of phenols is 1. The molecule has 0 aliphatic carbocycles. The van der Waals surface area contributed by atoms with Gasteiger partial charge in [-0.25, -0.2) is 9.18 Å². The fraction of sp³-hybridized carbons (Fsp3) is 0.423. The minimum absolute atomic E-state index is 0.0483. The number of carbonyl (C=O) groups excluding carboxylic acids is 1. The van der Waals surface area contributed by atoms with Crippen molar-refractivity contribution in [3.8, 4) is 5.75 Å². The lowest BCUT2D eigenvalue weighted by Crippen LogP contribution is -2.31. The van der Waals surface area contributed by atoms with Gasteiger partial charge in [-0.1, -0.05) is 26.8 Å². The third kappa shape index (κ3) is 5.14. The first-order valence-corrected chi connectivity index (χ1v) is 11.6. The number of Topliss-reactive ketones (excluding diaryl/α,β-unsaturated/α-hetero) is 1. The van der Waals surface area contributed by atoms with Crippen molar-refractivity contribution >= 4 is 23.3 Å². The molecule has 1 saturated heterocycles. The van der Waals surface area contributed by atoms with Crippen molar-refractivity contribution in [3.05, 3.63) is 58.4 Å². The minimum atomic E-state index is -1.04. The second kappa shape index (κ2) is 9.30. The summed E-state index contributed by atoms with van der Waals surface area (Å²) in [6.07, 6.45) is 0.321. The Bertz CT molecular complexity index is 1190. The summed E-state index contributed by atoms with van der Waals surface area (Å²) < 4.78 is 19.1. The smallest absolute Gasteiger partial charge is 0.329 e. The first-order valence-electron chi connectivity index (χ1n) is 11.6. The van der Waals surface area contributed by atoms with E-state index in [0.717, 1.165) is 5.56 Å². The second-order valence-electron chi connectivity index (χ2n) is 10.1. The fourth-order valence-electron chi connectivity index (χ4n) is 4.63. The summed E-state index contributed by atoms with van der Waals surface area (Å²) in [7, 11) is 0. The minimum Gasteiger partial charge on any atom is -0.505 e. The van der Waals surface area contributed by atoms with E-state index in [-0.39, 0.29) is 36.6 Å². The molecule has 0 aromatic heterocycles. The van der Waals surface area contributed by atoms with Gasteiger partial charge >= 0.3 is 5.97 Å². The molecule has 2 aromatic carbocycles. The molecule has 0 spiro atoms. The first kappa shape index (κ1) is 24.7. The number of carboxylic acids is 1. The van der Waals surface area contributed by atoms with Crippen molar-refractivity contribution in [3.63, 3.8) is 0 Å². The van der Waals surface area contributed by atoms with Crippen molar-refractivity contribution in [2.45, 2.75) is 45.3 Å². The number of carboxylic acid groups (broad SMARTS) is 1. The largest absolute Gasteiger partial charge is 0.505 e. The highest BCUT2D eigenvalue weighted by Crippen LogP contribution is 2.41. The van der Waals surface area contributed by atoms with Crippen LogP contribution < -0.4 is 4.90 Å². The highest BCUT2D eigenvalue weighted by atomic mass is 19.1. The lowest BCUT2D eigenvalue weighted by Gasteiger charge is -2.27. The molecule has 8 nitrogen and oxygen atoms in total. The van der Waals surface area contributed by atoms with E-state index in [9.17, 15) is 19.1 Å². The van der Waals surface area contributed by atoms with Gasteiger partial charge in [0.25, 0.3) is 0 Å². The number of benzene rings is 2. The van der Waals surface area contributed by atoms with Crippen LogP contribution in [0.4, 0.5) is 10.1 Å². The summed E-state index contributed by atoms with van der Waals surface area (Å²) >= 11 is 0. The van der Waals surface area contributed by atoms with Gasteiger partial charge in [-0.15, -0.1) is 0 Å². The van der Waals surface area contributed by atoms with Crippen LogP contribution in [0.1, 0.15) is 54.2 Å². The quantitative estimate of drug-likeness (QED) is 0.516. The highest BCUT2D eigenvalue weighted by molar-refractivity contribution is 6.05. The van der Waals surface area contributed by atoms with Crippen molar-refractivity contribution < 1.29 is 28.9 Å². The topological polar surface area (TPSA) is 114 Å². The van der Waals surface area contributed by atoms with Gasteiger partial charge in [-0.05, 0) is 41.7 Å². The monoisotopic (exact) mass is 483 g/mol. The van der Waals surface area contributed by atoms with Crippen LogP contribution >= 0.6 is 0 Å². The zero-order chi connectivity index (χ0) is 25.5. The number of ketones is 1. The molecule has 0 radical (unpaired) electrons. The zero-order valence-electron chi connectivity index (χ0n) is 20.1. The fourth-order valence-corrected chi connectivity index (χ4v) is 4.63. The second-order valence-corrected chi connectivity index (χ2v) is 10.1. The van der Waals surface area contributed by atoms with E-state index in [2.05, 4.69) is 0 Å². The Morgan fingerprint density at radius 3 is 2.66 bits per heavy atom. The van der Waals surface area contributed by atoms with Crippen LogP contribution in [0.2, 0.25) is 0 Å². The van der Waals surface area contributed by atoms with Crippen LogP contribution in [0.15, 0.2) is 30.3 Å². The van der Waals surface area contributed by atoms with Gasteiger partial charge in [0.15, 0.2) is 5.78 Å². The van der Waals surface area contributed by atoms with Gasteiger partial charge in [0.2, 0.25) is 0 Å². The van der Waals surface area contributed by atoms with Gasteiger partial charge in [0.1, 0.15) is 24.0 Å². The molecule has 2 aliphatic heterocycles. The van der Waals surface area contributed by atoms with Crippen molar-refractivity contribution in [2.75, 3.05) is 31.1 Å². The standard InChI is InChI=1S/C26H30FN3O5/c1-26(2,3)20-8-16(9-21(24(20)34)29-7-6-18(12-29)35-14-23(32)33)22(31)13-30-11-15-4-5-17(27)10-19(15)25(30)28/h4-5,8-10,18,28,34H,6-7,11-14H2,1-3H3,(H,32,33). The molecule has 4 rings (SSSR count). The van der Waals surface area contributed by atoms with Crippen LogP contribution in [-0.4, -0.2) is 65.0 Å². The number of ether oxygens (including phenoxy) is 1. The van der Waals surface area contributed by atoms with Gasteiger partial charge in [-0.2, -0.15) is 0 Å². The van der Waals surface area contributed by atoms with Gasteiger partial charge in [0.05, 0.1) is 18.3 Å². The van der Waals surface area contributed by atoms with Crippen LogP contribution in [0.5, 0.6) is 5.75 Å². The van der Waals surface area contributed by atoms with Crippen molar-refractivity contribution in [1.29, 1.82) is 5.41 Å². The maximum Gasteiger partial charge on any atom is 0.329 e. The highest BCUT2D eigenvalue weighted by Gasteiger charge is 2.31. The van der Waals surface area contributed by atoms with Crippen molar-refractivity contribution in [2.24, 2.45) is 0 Å². The van der Waals surface area contributed by atoms with Gasteiger partial charge in [0, 0.05) is 36.3 Å². The maximum absolute atomic E-state index is 13.6. The number of aliphatic carboxylic acids is 1. The van der Waals surface area contributed by atoms with E-state index in [1.807, 2.05) is 25.7 Å². The Hall–Kier alpha value is -3.46. The molecule has 2 aliphatic rings. The number of hydrogen-bond acceptors (Lipinski definition) is 6. The van der Waals surface area contributed by atoms with E-state index in [1.165, 1.54) is 12.1 Å². The lowest BCUT2D eigenvalue weighted by atomic mass is 9.84. The normalized spacial score (nSPS) is 17.7. The molecule has 1 atom stereocenters. The molecule has 9 heteroatoms. The predicted octanol–water partition coefficient (Wildman–Crippen LogP) is 3.53. The zero-order valence-corrected chi connectivity index (χ0v) is 20.1. The van der Waals surface area contributed by atoms with E-state index >= 15 is 0 Å². The summed E-state index contributed by atoms with van der Waals surface area (Å²) in [5.74, 6) is -1.47. The van der Waals surface area contributed by atoms with Crippen LogP contribution in [-0.2, 0) is 21.5 Å². The summed E-state index contributed by atoms with van der Waals surface area (Å²) in [5, 5.41) is 28.4. The SMILES string of the molecule is CC(C)(C)c1cc(C(=O)CN2Cc3ccc(F)cc3C2=N)cc(N2CCC(OCC(=O)O)C2)c1O. The molecule has 0 amide bonds. The number of halogens is 1. The Labute approximate surface area is 203 Å². The number of nitrogens with one attached hydrogen (secondary N) is 1. The summed E-state index contributed by atoms with van der Waals surface area (Å²) in [6, 6.07) is 7.65. The summed E-state index contributed by atoms with van der Waals surface area (Å²) in [5.41, 5.74) is 2.38. The van der Waals surface area contributed by atoms with Crippen LogP contribution in [0, 0.1) is 11.2 Å². The molecule has 1 fully saturated rings. The third-order valence-electron chi connectivity index (χ3n) is 6.49. The first-order chi connectivity index (χ1) is 16.4. The van der Waals surface area contributed by atoms with Gasteiger partial charge in [-0.3, -0.25) is 10.2 Å². The van der Waals surface area contributed by atoms with E-state index in [1.54, 1.807) is 23.1 Å². The van der Waals surface area contributed by atoms with Crippen LogP contribution in [0.25, 0.3) is 0 Å². The number of phenolic OH excluding ortho intramolecular Hbond substituents is 1. The average Bonchev–Trinajstić information content (AvgIpc) is 3.36. The lowest BCUT2D eigenvalue weighted by molar-refractivity contribution is -0.143. The Kier molecular flexibility index (Phi) is 6.55. The molecule has 35 heavy (non-hydrogen) atoms. The number of nitrogens with zero attached hydrogens (tertiary/aromatic N) is 2. The molecule has 0 saturated carbocycles. The Morgan fingerprint density at radius 2 is 1.97 bits per heavy atom. The molecule has 186 valence electrons. The third-order valence-corrected chi connectivity index (χ3v) is 6.49. The Balaban J connectivity index is 1.59. The van der Waals surface area contributed by atoms with E-state index < -0.39 is 17.2 Å². The van der Waals surface area contributed by atoms with E-state index in [4.69, 9.17) is 15.3 Å². The average molecular weight is 484 g/mol. The van der Waals surface area contributed by atoms with Gasteiger partial charge < -0.3 is 24.7 Å². The van der Waals surface area contributed by atoms with Crippen molar-refractivity contribution in [1.82, 2.24) is 4.90 Å². The molecule has 0 bridgehead atoms. The molecular formula is C26H30FN3O5. The molecule has 1 unspecified atom stereocenters. The van der Waals surface area contributed by atoms with Crippen LogP contribution in [0.3, 0.4) is 0 Å². The maximum atomic E-state index is 13.6. The molecular weight excluding hydrogens is 453 g/mol. The summed E-state index contributed by atoms with van der Waals surface area (Å²) in [4.78, 5) is 27.7. The summed E-state index contributed by atoms with van der Waals surface area (Å²) in [6.45, 7) is 6.72. The molecule has 3 N–H and O–H groups in total. The number of rotatable bonds is 7. The number of hydrogen-bond donors (Lipinski definition) is 3. The number of amidine groups is 1. The number of aromatic hydroxyl groups is 1. The number of carbonyl (C=O) groups is 2. The molecule has 2 heterocycles. The predicted molar refractivity (Wildman–Crippen MR) is 129 cm³/mol. The number of anilines is 1. The molecule has 2 aromatic rings. The Morgan fingerprint density at radius 1 is 1.23 bits per heavy atom. The number of fused-ring (bicyclic) bond motifs is 1. The van der Waals surface area contributed by atoms with E-state index in [0.29, 0.717) is 48.4 Å².